The molecule has 1 aliphatic rings. The molecule has 0 atom stereocenters. The lowest BCUT2D eigenvalue weighted by atomic mass is 9.96. The van der Waals surface area contributed by atoms with Crippen molar-refractivity contribution in [2.24, 2.45) is 0 Å². The molecule has 3 heteroatoms. The highest BCUT2D eigenvalue weighted by Gasteiger charge is 2.20. The molecule has 153 valence electrons. The monoisotopic (exact) mass is 406 g/mol. The summed E-state index contributed by atoms with van der Waals surface area (Å²) >= 11 is 0. The van der Waals surface area contributed by atoms with Crippen LogP contribution in [-0.2, 0) is 12.8 Å². The summed E-state index contributed by atoms with van der Waals surface area (Å²) in [6, 6.07) is 29.7. The third-order valence-corrected chi connectivity index (χ3v) is 5.79. The molecule has 0 saturated carbocycles. The van der Waals surface area contributed by atoms with Crippen molar-refractivity contribution in [1.29, 1.82) is 0 Å². The number of nitrogens with zero attached hydrogens (tertiary/aromatic N) is 1. The van der Waals surface area contributed by atoms with Crippen molar-refractivity contribution in [3.8, 4) is 22.6 Å². The number of hydrogen-bond acceptors (Lipinski definition) is 2. The summed E-state index contributed by atoms with van der Waals surface area (Å²) in [5.41, 5.74) is 9.65. The quantitative estimate of drug-likeness (QED) is 0.325. The molecule has 1 aliphatic heterocycles. The largest absolute Gasteiger partial charge is 0.497 e. The van der Waals surface area contributed by atoms with Gasteiger partial charge in [-0.1, -0.05) is 36.4 Å². The molecule has 0 unspecified atom stereocenters. The normalized spacial score (nSPS) is 11.4. The Bertz CT molecular complexity index is 1110. The van der Waals surface area contributed by atoms with Gasteiger partial charge in [-0.25, -0.2) is 5.32 Å². The maximum atomic E-state index is 5.27. The Kier molecular flexibility index (Phi) is 5.09. The van der Waals surface area contributed by atoms with E-state index in [0.29, 0.717) is 0 Å². The first kappa shape index (κ1) is 19.3. The van der Waals surface area contributed by atoms with E-state index in [1.165, 1.54) is 33.4 Å². The Morgan fingerprint density at radius 2 is 0.903 bits per heavy atom. The van der Waals surface area contributed by atoms with Crippen LogP contribution < -0.4 is 14.8 Å². The summed E-state index contributed by atoms with van der Waals surface area (Å²) in [6.45, 7) is 0. The van der Waals surface area contributed by atoms with E-state index in [-0.39, 0.29) is 0 Å². The Balaban J connectivity index is 1.40. The molecule has 0 fully saturated rings. The van der Waals surface area contributed by atoms with E-state index in [9.17, 15) is 0 Å². The van der Waals surface area contributed by atoms with E-state index in [1.807, 2.05) is 24.3 Å². The van der Waals surface area contributed by atoms with Gasteiger partial charge in [-0.15, -0.1) is 0 Å². The molecule has 0 amide bonds. The lowest BCUT2D eigenvalue weighted by Gasteiger charge is -2.08. The molecule has 1 radical (unpaired) electrons. The highest BCUT2D eigenvalue weighted by atomic mass is 16.5. The molecule has 1 heterocycles. The van der Waals surface area contributed by atoms with Crippen molar-refractivity contribution >= 4 is 11.4 Å². The number of hydrogen-bond donors (Lipinski definition) is 0. The summed E-state index contributed by atoms with van der Waals surface area (Å²) in [5.74, 6) is 1.77. The van der Waals surface area contributed by atoms with Gasteiger partial charge in [0, 0.05) is 11.1 Å². The third-order valence-electron chi connectivity index (χ3n) is 5.79. The average molecular weight is 407 g/mol. The predicted molar refractivity (Wildman–Crippen MR) is 125 cm³/mol. The standard InChI is InChI=1S/C28H24NO2/c1-30-23-9-3-19(4-10-23)15-21-7-13-27-25(17-21)26-18-22(8-14-28(26)29-27)16-20-5-11-24(31-2)12-6-20/h3-14,17-18H,15-16H2,1-2H3. The third kappa shape index (κ3) is 3.99. The predicted octanol–water partition coefficient (Wildman–Crippen LogP) is 6.43. The van der Waals surface area contributed by atoms with Crippen LogP contribution >= 0.6 is 0 Å². The lowest BCUT2D eigenvalue weighted by molar-refractivity contribution is 0.414. The van der Waals surface area contributed by atoms with Crippen LogP contribution in [-0.4, -0.2) is 14.2 Å². The molecule has 0 N–H and O–H groups in total. The Morgan fingerprint density at radius 3 is 1.29 bits per heavy atom. The molecular weight excluding hydrogens is 382 g/mol. The van der Waals surface area contributed by atoms with Gasteiger partial charge < -0.3 is 9.47 Å². The topological polar surface area (TPSA) is 32.6 Å². The maximum Gasteiger partial charge on any atom is 0.118 e. The lowest BCUT2D eigenvalue weighted by Crippen LogP contribution is -1.91. The van der Waals surface area contributed by atoms with Gasteiger partial charge in [0.05, 0.1) is 25.6 Å². The van der Waals surface area contributed by atoms with Crippen LogP contribution in [0.2, 0.25) is 0 Å². The number of fused-ring (bicyclic) bond motifs is 3. The smallest absolute Gasteiger partial charge is 0.118 e. The molecule has 3 nitrogen and oxygen atoms in total. The second-order valence-corrected chi connectivity index (χ2v) is 7.86. The highest BCUT2D eigenvalue weighted by Crippen LogP contribution is 2.44. The van der Waals surface area contributed by atoms with E-state index >= 15 is 0 Å². The summed E-state index contributed by atoms with van der Waals surface area (Å²) in [6.07, 6.45) is 1.77. The van der Waals surface area contributed by atoms with Crippen molar-refractivity contribution < 1.29 is 9.47 Å². The van der Waals surface area contributed by atoms with Gasteiger partial charge in [-0.05, 0) is 83.6 Å². The number of ether oxygens (including phenoxy) is 2. The molecule has 4 aromatic rings. The van der Waals surface area contributed by atoms with E-state index in [4.69, 9.17) is 14.8 Å². The van der Waals surface area contributed by atoms with Gasteiger partial charge in [0.2, 0.25) is 0 Å². The zero-order chi connectivity index (χ0) is 21.2. The van der Waals surface area contributed by atoms with Crippen molar-refractivity contribution in [3.05, 3.63) is 107 Å². The van der Waals surface area contributed by atoms with Gasteiger partial charge in [0.15, 0.2) is 0 Å². The average Bonchev–Trinajstić information content (AvgIpc) is 3.17. The van der Waals surface area contributed by atoms with E-state index in [0.717, 1.165) is 35.7 Å². The highest BCUT2D eigenvalue weighted by molar-refractivity contribution is 5.91. The summed E-state index contributed by atoms with van der Waals surface area (Å²) < 4.78 is 10.5. The second kappa shape index (κ2) is 8.19. The van der Waals surface area contributed by atoms with Crippen LogP contribution in [0.3, 0.4) is 0 Å². The van der Waals surface area contributed by atoms with E-state index in [1.54, 1.807) is 14.2 Å². The van der Waals surface area contributed by atoms with Crippen LogP contribution in [0.1, 0.15) is 22.3 Å². The molecule has 4 aromatic carbocycles. The zero-order valence-electron chi connectivity index (χ0n) is 17.8. The number of rotatable bonds is 6. The minimum atomic E-state index is 0.884. The van der Waals surface area contributed by atoms with Crippen molar-refractivity contribution in [1.82, 2.24) is 5.32 Å². The zero-order valence-corrected chi connectivity index (χ0v) is 17.8. The molecule has 0 bridgehead atoms. The van der Waals surface area contributed by atoms with Crippen molar-refractivity contribution in [3.63, 3.8) is 0 Å². The second-order valence-electron chi connectivity index (χ2n) is 7.86. The molecule has 0 spiro atoms. The Morgan fingerprint density at radius 1 is 0.516 bits per heavy atom. The summed E-state index contributed by atoms with van der Waals surface area (Å²) in [7, 11) is 3.39. The van der Waals surface area contributed by atoms with Crippen LogP contribution in [0.5, 0.6) is 11.5 Å². The summed E-state index contributed by atoms with van der Waals surface area (Å²) in [5, 5.41) is 4.82. The summed E-state index contributed by atoms with van der Waals surface area (Å²) in [4.78, 5) is 0. The van der Waals surface area contributed by atoms with E-state index < -0.39 is 0 Å². The minimum Gasteiger partial charge on any atom is -0.497 e. The van der Waals surface area contributed by atoms with Crippen molar-refractivity contribution in [2.75, 3.05) is 14.2 Å². The Hall–Kier alpha value is -3.72. The Labute approximate surface area is 183 Å². The van der Waals surface area contributed by atoms with Crippen molar-refractivity contribution in [2.45, 2.75) is 12.8 Å². The van der Waals surface area contributed by atoms with Gasteiger partial charge in [-0.2, -0.15) is 0 Å². The van der Waals surface area contributed by atoms with Crippen LogP contribution in [0.4, 0.5) is 11.4 Å². The van der Waals surface area contributed by atoms with E-state index in [2.05, 4.69) is 60.7 Å². The fourth-order valence-corrected chi connectivity index (χ4v) is 4.10. The molecule has 5 rings (SSSR count). The molecule has 0 saturated heterocycles. The molecule has 31 heavy (non-hydrogen) atoms. The van der Waals surface area contributed by atoms with Gasteiger partial charge in [0.25, 0.3) is 0 Å². The van der Waals surface area contributed by atoms with Crippen LogP contribution in [0.15, 0.2) is 84.9 Å². The van der Waals surface area contributed by atoms with Gasteiger partial charge in [-0.3, -0.25) is 0 Å². The van der Waals surface area contributed by atoms with Crippen LogP contribution in [0, 0.1) is 0 Å². The minimum absolute atomic E-state index is 0.884. The fraction of sp³-hybridized carbons (Fsp3) is 0.143. The first-order chi connectivity index (χ1) is 15.2. The van der Waals surface area contributed by atoms with Crippen LogP contribution in [0.25, 0.3) is 11.1 Å². The first-order valence-electron chi connectivity index (χ1n) is 10.5. The first-order valence-corrected chi connectivity index (χ1v) is 10.5. The van der Waals surface area contributed by atoms with Gasteiger partial charge >= 0.3 is 0 Å². The SMILES string of the molecule is COc1ccc(Cc2ccc3c(c2)-c2cc(Cc4ccc(OC)cc4)ccc2[N]3)cc1. The number of methoxy groups -OCH3 is 2. The van der Waals surface area contributed by atoms with Gasteiger partial charge in [0.1, 0.15) is 11.5 Å². The molecule has 0 aromatic heterocycles. The number of benzene rings is 4. The maximum absolute atomic E-state index is 5.27. The molecular formula is C28H24NO2. The molecule has 0 aliphatic carbocycles. The fourth-order valence-electron chi connectivity index (χ4n) is 4.10.